The average molecular weight is 375 g/mol. The summed E-state index contributed by atoms with van der Waals surface area (Å²) >= 11 is 0. The zero-order valence-corrected chi connectivity index (χ0v) is 17.0. The van der Waals surface area contributed by atoms with E-state index in [1.54, 1.807) is 0 Å². The molecule has 5 nitrogen and oxygen atoms in total. The average Bonchev–Trinajstić information content (AvgIpc) is 3.46. The van der Waals surface area contributed by atoms with Crippen LogP contribution in [-0.2, 0) is 11.3 Å². The topological polar surface area (TPSA) is 33.5 Å². The molecule has 5 heteroatoms. The first-order valence-electron chi connectivity index (χ1n) is 11.4. The van der Waals surface area contributed by atoms with Gasteiger partial charge in [0.1, 0.15) is 0 Å². The van der Waals surface area contributed by atoms with Gasteiger partial charge >= 0.3 is 0 Å². The Morgan fingerprint density at radius 1 is 1.00 bits per heavy atom. The molecular weight excluding hydrogens is 336 g/mol. The molecule has 2 saturated heterocycles. The van der Waals surface area contributed by atoms with Gasteiger partial charge < -0.3 is 14.5 Å². The number of piperidine rings is 1. The Bertz CT molecular complexity index is 514. The monoisotopic (exact) mass is 374 g/mol. The number of hydrogen-bond donors (Lipinski definition) is 0. The molecular formula is C22H38N4O. The molecule has 0 amide bonds. The molecule has 3 aliphatic rings. The highest BCUT2D eigenvalue weighted by atomic mass is 16.5. The number of aryl methyl sites for hydroxylation is 1. The smallest absolute Gasteiger partial charge is 0.0702 e. The van der Waals surface area contributed by atoms with E-state index in [4.69, 9.17) is 4.74 Å². The summed E-state index contributed by atoms with van der Waals surface area (Å²) in [6.45, 7) is 8.20. The van der Waals surface area contributed by atoms with E-state index in [-0.39, 0.29) is 0 Å². The van der Waals surface area contributed by atoms with E-state index in [1.807, 2.05) is 12.3 Å². The molecule has 0 bridgehead atoms. The predicted molar refractivity (Wildman–Crippen MR) is 109 cm³/mol. The van der Waals surface area contributed by atoms with E-state index in [1.165, 1.54) is 84.0 Å². The van der Waals surface area contributed by atoms with Crippen LogP contribution in [0.15, 0.2) is 18.5 Å². The van der Waals surface area contributed by atoms with Gasteiger partial charge in [0.15, 0.2) is 0 Å². The molecule has 1 aromatic heterocycles. The maximum atomic E-state index is 5.94. The van der Waals surface area contributed by atoms with Crippen molar-refractivity contribution in [3.05, 3.63) is 18.5 Å². The second-order valence-corrected chi connectivity index (χ2v) is 8.93. The van der Waals surface area contributed by atoms with Gasteiger partial charge in [-0.05, 0) is 70.0 Å². The van der Waals surface area contributed by atoms with Crippen LogP contribution in [0.5, 0.6) is 0 Å². The first-order valence-corrected chi connectivity index (χ1v) is 11.4. The van der Waals surface area contributed by atoms with Gasteiger partial charge in [0, 0.05) is 51.2 Å². The normalized spacial score (nSPS) is 25.7. The van der Waals surface area contributed by atoms with Crippen LogP contribution in [0.3, 0.4) is 0 Å². The first kappa shape index (κ1) is 19.4. The van der Waals surface area contributed by atoms with Crippen LogP contribution in [0, 0.1) is 5.92 Å². The van der Waals surface area contributed by atoms with Crippen LogP contribution in [0.4, 0.5) is 0 Å². The van der Waals surface area contributed by atoms with Crippen molar-refractivity contribution in [1.29, 1.82) is 0 Å². The van der Waals surface area contributed by atoms with E-state index >= 15 is 0 Å². The zero-order chi connectivity index (χ0) is 18.3. The third-order valence-corrected chi connectivity index (χ3v) is 6.91. The molecule has 3 heterocycles. The largest absolute Gasteiger partial charge is 0.377 e. The molecule has 0 N–H and O–H groups in total. The van der Waals surface area contributed by atoms with Crippen LogP contribution < -0.4 is 0 Å². The van der Waals surface area contributed by atoms with E-state index in [0.29, 0.717) is 6.10 Å². The highest BCUT2D eigenvalue weighted by molar-refractivity contribution is 4.84. The second-order valence-electron chi connectivity index (χ2n) is 8.93. The van der Waals surface area contributed by atoms with Crippen molar-refractivity contribution in [2.75, 3.05) is 39.3 Å². The molecule has 4 rings (SSSR count). The minimum absolute atomic E-state index is 0.466. The number of ether oxygens (including phenoxy) is 1. The Labute approximate surface area is 165 Å². The Balaban J connectivity index is 1.23. The number of rotatable bonds is 9. The van der Waals surface area contributed by atoms with Crippen LogP contribution in [0.25, 0.3) is 0 Å². The third-order valence-electron chi connectivity index (χ3n) is 6.91. The lowest BCUT2D eigenvalue weighted by Crippen LogP contribution is -2.44. The maximum absolute atomic E-state index is 5.94. The predicted octanol–water partition coefficient (Wildman–Crippen LogP) is 3.41. The van der Waals surface area contributed by atoms with E-state index in [9.17, 15) is 0 Å². The van der Waals surface area contributed by atoms with Gasteiger partial charge in [0.25, 0.3) is 0 Å². The number of hydrogen-bond acceptors (Lipinski definition) is 4. The van der Waals surface area contributed by atoms with Crippen LogP contribution in [0.1, 0.15) is 57.8 Å². The molecule has 1 atom stereocenters. The molecule has 0 aromatic carbocycles. The minimum atomic E-state index is 0.466. The summed E-state index contributed by atoms with van der Waals surface area (Å²) in [4.78, 5) is 5.50. The zero-order valence-electron chi connectivity index (χ0n) is 17.0. The molecule has 152 valence electrons. The van der Waals surface area contributed by atoms with Crippen molar-refractivity contribution in [2.45, 2.75) is 76.5 Å². The standard InChI is InChI=1S/C22H38N4O/c1-2-7-21(6-1)25-15-9-20(10-16-25)18-24(19-22-8-3-17-27-22)12-5-14-26-13-4-11-23-26/h4,11,13,20-22H,1-3,5-10,12,14-19H2/t22-/m0/s1. The summed E-state index contributed by atoms with van der Waals surface area (Å²) < 4.78 is 8.00. The molecule has 0 spiro atoms. The van der Waals surface area contributed by atoms with Gasteiger partial charge in [-0.1, -0.05) is 12.8 Å². The van der Waals surface area contributed by atoms with Crippen LogP contribution in [-0.4, -0.2) is 71.1 Å². The van der Waals surface area contributed by atoms with Crippen molar-refractivity contribution < 1.29 is 4.74 Å². The molecule has 0 radical (unpaired) electrons. The fourth-order valence-corrected chi connectivity index (χ4v) is 5.36. The van der Waals surface area contributed by atoms with Gasteiger partial charge in [-0.15, -0.1) is 0 Å². The number of aromatic nitrogens is 2. The quantitative estimate of drug-likeness (QED) is 0.663. The van der Waals surface area contributed by atoms with E-state index in [0.717, 1.165) is 31.7 Å². The van der Waals surface area contributed by atoms with E-state index < -0.39 is 0 Å². The van der Waals surface area contributed by atoms with Gasteiger partial charge in [0.05, 0.1) is 6.10 Å². The van der Waals surface area contributed by atoms with Crippen molar-refractivity contribution in [1.82, 2.24) is 19.6 Å². The number of likely N-dealkylation sites (tertiary alicyclic amines) is 1. The molecule has 3 fully saturated rings. The summed E-state index contributed by atoms with van der Waals surface area (Å²) in [6.07, 6.45) is 16.7. The molecule has 1 saturated carbocycles. The Morgan fingerprint density at radius 3 is 2.56 bits per heavy atom. The summed E-state index contributed by atoms with van der Waals surface area (Å²) in [5.41, 5.74) is 0. The highest BCUT2D eigenvalue weighted by Crippen LogP contribution is 2.28. The molecule has 1 aromatic rings. The lowest BCUT2D eigenvalue weighted by atomic mass is 9.94. The van der Waals surface area contributed by atoms with Crippen molar-refractivity contribution in [3.8, 4) is 0 Å². The Morgan fingerprint density at radius 2 is 1.85 bits per heavy atom. The fourth-order valence-electron chi connectivity index (χ4n) is 5.36. The molecule has 1 aliphatic carbocycles. The number of nitrogens with zero attached hydrogens (tertiary/aromatic N) is 4. The summed E-state index contributed by atoms with van der Waals surface area (Å²) in [6, 6.07) is 2.92. The Kier molecular flexibility index (Phi) is 7.21. The second kappa shape index (κ2) is 10.0. The Hall–Kier alpha value is -0.910. The fraction of sp³-hybridized carbons (Fsp3) is 0.864. The molecule has 2 aliphatic heterocycles. The molecule has 0 unspecified atom stereocenters. The first-order chi connectivity index (χ1) is 13.4. The van der Waals surface area contributed by atoms with Gasteiger partial charge in [-0.25, -0.2) is 0 Å². The van der Waals surface area contributed by atoms with Crippen molar-refractivity contribution in [3.63, 3.8) is 0 Å². The lowest BCUT2D eigenvalue weighted by molar-refractivity contribution is 0.0560. The highest BCUT2D eigenvalue weighted by Gasteiger charge is 2.28. The van der Waals surface area contributed by atoms with E-state index in [2.05, 4.69) is 25.8 Å². The van der Waals surface area contributed by atoms with Gasteiger partial charge in [0.2, 0.25) is 0 Å². The maximum Gasteiger partial charge on any atom is 0.0702 e. The SMILES string of the molecule is c1cnn(CCCN(CC2CCN(C3CCCC3)CC2)C[C@@H]2CCCO2)c1. The minimum Gasteiger partial charge on any atom is -0.377 e. The van der Waals surface area contributed by atoms with Gasteiger partial charge in [-0.2, -0.15) is 5.10 Å². The lowest BCUT2D eigenvalue weighted by Gasteiger charge is -2.38. The van der Waals surface area contributed by atoms with Crippen LogP contribution in [0.2, 0.25) is 0 Å². The van der Waals surface area contributed by atoms with Crippen molar-refractivity contribution >= 4 is 0 Å². The summed E-state index contributed by atoms with van der Waals surface area (Å²) in [5, 5.41) is 4.35. The molecule has 27 heavy (non-hydrogen) atoms. The third kappa shape index (κ3) is 5.78. The van der Waals surface area contributed by atoms with Crippen molar-refractivity contribution in [2.24, 2.45) is 5.92 Å². The summed E-state index contributed by atoms with van der Waals surface area (Å²) in [5.74, 6) is 0.869. The van der Waals surface area contributed by atoms with Gasteiger partial charge in [-0.3, -0.25) is 4.68 Å². The summed E-state index contributed by atoms with van der Waals surface area (Å²) in [7, 11) is 0. The van der Waals surface area contributed by atoms with Crippen LogP contribution >= 0.6 is 0 Å².